The Bertz CT molecular complexity index is 428. The molecule has 118 valence electrons. The second kappa shape index (κ2) is 7.67. The van der Waals surface area contributed by atoms with E-state index in [0.29, 0.717) is 19.7 Å². The maximum Gasteiger partial charge on any atom is 0.391 e. The van der Waals surface area contributed by atoms with Gasteiger partial charge in [0.25, 0.3) is 0 Å². The first-order valence-corrected chi connectivity index (χ1v) is 8.20. The van der Waals surface area contributed by atoms with E-state index in [9.17, 15) is 13.2 Å². The Morgan fingerprint density at radius 1 is 1.14 bits per heavy atom. The van der Waals surface area contributed by atoms with E-state index < -0.39 is 12.1 Å². The van der Waals surface area contributed by atoms with Gasteiger partial charge in [0.2, 0.25) is 0 Å². The average molecular weight is 413 g/mol. The molecular weight excluding hydrogens is 394 g/mol. The normalized spacial score (nSPS) is 17.9. The number of likely N-dealkylation sites (tertiary alicyclic amines) is 1. The second-order valence-electron chi connectivity index (χ2n) is 5.31. The van der Waals surface area contributed by atoms with E-state index in [1.807, 2.05) is 24.3 Å². The molecule has 0 bridgehead atoms. The minimum absolute atomic E-state index is 0.224. The zero-order chi connectivity index (χ0) is 15.3. The Morgan fingerprint density at radius 3 is 2.33 bits per heavy atom. The minimum Gasteiger partial charge on any atom is -0.494 e. The first-order chi connectivity index (χ1) is 9.95. The molecule has 0 aromatic heterocycles. The van der Waals surface area contributed by atoms with Gasteiger partial charge in [-0.15, -0.1) is 0 Å². The Balaban J connectivity index is 1.61. The lowest BCUT2D eigenvalue weighted by Gasteiger charge is -2.32. The summed E-state index contributed by atoms with van der Waals surface area (Å²) in [7, 11) is 0. The summed E-state index contributed by atoms with van der Waals surface area (Å²) >= 11 is 2.24. The second-order valence-corrected chi connectivity index (χ2v) is 6.56. The number of rotatable bonds is 5. The number of benzene rings is 1. The molecule has 0 amide bonds. The molecule has 1 aromatic rings. The number of alkyl halides is 3. The van der Waals surface area contributed by atoms with Gasteiger partial charge in [-0.25, -0.2) is 0 Å². The highest BCUT2D eigenvalue weighted by Gasteiger charge is 2.40. The molecular formula is C15H19F3INO. The summed E-state index contributed by atoms with van der Waals surface area (Å²) in [5.74, 6) is -0.275. The van der Waals surface area contributed by atoms with E-state index in [1.165, 1.54) is 0 Å². The van der Waals surface area contributed by atoms with E-state index in [1.54, 1.807) is 0 Å². The van der Waals surface area contributed by atoms with Gasteiger partial charge in [0.1, 0.15) is 5.75 Å². The lowest BCUT2D eigenvalue weighted by molar-refractivity contribution is -0.185. The molecule has 2 rings (SSSR count). The molecule has 1 saturated heterocycles. The summed E-state index contributed by atoms with van der Waals surface area (Å²) in [6, 6.07) is 7.82. The first-order valence-electron chi connectivity index (χ1n) is 7.12. The van der Waals surface area contributed by atoms with Crippen molar-refractivity contribution < 1.29 is 17.9 Å². The summed E-state index contributed by atoms with van der Waals surface area (Å²) in [6.07, 6.45) is -2.74. The maximum absolute atomic E-state index is 12.6. The fourth-order valence-corrected chi connectivity index (χ4v) is 2.85. The molecule has 0 radical (unpaired) electrons. The Hall–Kier alpha value is -0.500. The van der Waals surface area contributed by atoms with Crippen molar-refractivity contribution in [2.75, 3.05) is 26.2 Å². The van der Waals surface area contributed by atoms with Crippen LogP contribution in [0.1, 0.15) is 19.3 Å². The topological polar surface area (TPSA) is 12.5 Å². The van der Waals surface area contributed by atoms with Gasteiger partial charge in [0.05, 0.1) is 12.5 Å². The van der Waals surface area contributed by atoms with Crippen LogP contribution in [0.5, 0.6) is 5.75 Å². The molecule has 1 aliphatic rings. The Kier molecular flexibility index (Phi) is 6.16. The molecule has 0 N–H and O–H groups in total. The average Bonchev–Trinajstić information content (AvgIpc) is 2.45. The molecule has 1 aromatic carbocycles. The van der Waals surface area contributed by atoms with Crippen molar-refractivity contribution in [3.05, 3.63) is 27.8 Å². The standard InChI is InChI=1S/C15H19F3INO/c16-15(17,18)12-6-9-20(10-7-12)8-1-11-21-14-4-2-13(19)3-5-14/h2-5,12H,1,6-11H2. The molecule has 1 aliphatic heterocycles. The van der Waals surface area contributed by atoms with Crippen molar-refractivity contribution in [1.29, 1.82) is 0 Å². The van der Waals surface area contributed by atoms with Crippen LogP contribution in [0.15, 0.2) is 24.3 Å². The fourth-order valence-electron chi connectivity index (χ4n) is 2.49. The molecule has 0 unspecified atom stereocenters. The number of piperidine rings is 1. The van der Waals surface area contributed by atoms with Gasteiger partial charge in [-0.3, -0.25) is 0 Å². The molecule has 0 saturated carbocycles. The highest BCUT2D eigenvalue weighted by atomic mass is 127. The molecule has 6 heteroatoms. The van der Waals surface area contributed by atoms with E-state index >= 15 is 0 Å². The van der Waals surface area contributed by atoms with Crippen molar-refractivity contribution in [2.45, 2.75) is 25.4 Å². The summed E-state index contributed by atoms with van der Waals surface area (Å²) < 4.78 is 44.4. The van der Waals surface area contributed by atoms with E-state index in [-0.39, 0.29) is 12.8 Å². The predicted molar refractivity (Wildman–Crippen MR) is 84.5 cm³/mol. The number of halogens is 4. The van der Waals surface area contributed by atoms with Crippen LogP contribution in [-0.4, -0.2) is 37.3 Å². The van der Waals surface area contributed by atoms with Crippen LogP contribution in [0.2, 0.25) is 0 Å². The highest BCUT2D eigenvalue weighted by molar-refractivity contribution is 14.1. The van der Waals surface area contributed by atoms with E-state index in [4.69, 9.17) is 4.74 Å². The van der Waals surface area contributed by atoms with Crippen molar-refractivity contribution in [1.82, 2.24) is 4.90 Å². The van der Waals surface area contributed by atoms with Gasteiger partial charge in [-0.1, -0.05) is 0 Å². The lowest BCUT2D eigenvalue weighted by atomic mass is 9.96. The van der Waals surface area contributed by atoms with Gasteiger partial charge in [-0.05, 0) is 79.2 Å². The van der Waals surface area contributed by atoms with Crippen LogP contribution in [0.4, 0.5) is 13.2 Å². The van der Waals surface area contributed by atoms with Gasteiger partial charge < -0.3 is 9.64 Å². The largest absolute Gasteiger partial charge is 0.494 e. The molecule has 21 heavy (non-hydrogen) atoms. The quantitative estimate of drug-likeness (QED) is 0.526. The van der Waals surface area contributed by atoms with Crippen LogP contribution in [0, 0.1) is 9.49 Å². The number of ether oxygens (including phenoxy) is 1. The van der Waals surface area contributed by atoms with Gasteiger partial charge in [0.15, 0.2) is 0 Å². The number of hydrogen-bond acceptors (Lipinski definition) is 2. The van der Waals surface area contributed by atoms with Crippen molar-refractivity contribution in [2.24, 2.45) is 5.92 Å². The summed E-state index contributed by atoms with van der Waals surface area (Å²) in [5.41, 5.74) is 0. The number of nitrogens with zero attached hydrogens (tertiary/aromatic N) is 1. The van der Waals surface area contributed by atoms with Crippen LogP contribution in [0.3, 0.4) is 0 Å². The van der Waals surface area contributed by atoms with Crippen LogP contribution >= 0.6 is 22.6 Å². The zero-order valence-corrected chi connectivity index (χ0v) is 13.9. The van der Waals surface area contributed by atoms with Crippen LogP contribution < -0.4 is 4.74 Å². The molecule has 0 spiro atoms. The van der Waals surface area contributed by atoms with E-state index in [2.05, 4.69) is 27.5 Å². The molecule has 1 fully saturated rings. The Labute approximate surface area is 136 Å². The van der Waals surface area contributed by atoms with Crippen molar-refractivity contribution >= 4 is 22.6 Å². The van der Waals surface area contributed by atoms with Crippen LogP contribution in [-0.2, 0) is 0 Å². The van der Waals surface area contributed by atoms with Gasteiger partial charge >= 0.3 is 6.18 Å². The van der Waals surface area contributed by atoms with Crippen LogP contribution in [0.25, 0.3) is 0 Å². The monoisotopic (exact) mass is 413 g/mol. The summed E-state index contributed by atoms with van der Waals surface area (Å²) in [6.45, 7) is 2.47. The van der Waals surface area contributed by atoms with Gasteiger partial charge in [-0.2, -0.15) is 13.2 Å². The minimum atomic E-state index is -4.03. The van der Waals surface area contributed by atoms with Crippen molar-refractivity contribution in [3.63, 3.8) is 0 Å². The molecule has 0 atom stereocenters. The number of hydrogen-bond donors (Lipinski definition) is 0. The third kappa shape index (κ3) is 5.65. The zero-order valence-electron chi connectivity index (χ0n) is 11.7. The predicted octanol–water partition coefficient (Wildman–Crippen LogP) is 4.33. The third-order valence-corrected chi connectivity index (χ3v) is 4.47. The maximum atomic E-state index is 12.6. The van der Waals surface area contributed by atoms with Crippen molar-refractivity contribution in [3.8, 4) is 5.75 Å². The molecule has 1 heterocycles. The SMILES string of the molecule is FC(F)(F)C1CCN(CCCOc2ccc(I)cc2)CC1. The highest BCUT2D eigenvalue weighted by Crippen LogP contribution is 2.34. The third-order valence-electron chi connectivity index (χ3n) is 3.75. The summed E-state index contributed by atoms with van der Waals surface area (Å²) in [4.78, 5) is 2.10. The smallest absolute Gasteiger partial charge is 0.391 e. The first kappa shape index (κ1) is 16.9. The van der Waals surface area contributed by atoms with E-state index in [0.717, 1.165) is 22.3 Å². The summed E-state index contributed by atoms with van der Waals surface area (Å²) in [5, 5.41) is 0. The lowest BCUT2D eigenvalue weighted by Crippen LogP contribution is -2.39. The molecule has 2 nitrogen and oxygen atoms in total. The van der Waals surface area contributed by atoms with Gasteiger partial charge in [0, 0.05) is 10.1 Å². The molecule has 0 aliphatic carbocycles. The Morgan fingerprint density at radius 2 is 1.76 bits per heavy atom. The fraction of sp³-hybridized carbons (Fsp3) is 0.600.